The van der Waals surface area contributed by atoms with Gasteiger partial charge in [0, 0.05) is 5.69 Å². The molecule has 1 aromatic heterocycles. The normalized spacial score (nSPS) is 11.0. The van der Waals surface area contributed by atoms with Gasteiger partial charge < -0.3 is 5.32 Å². The Morgan fingerprint density at radius 2 is 1.67 bits per heavy atom. The van der Waals surface area contributed by atoms with E-state index in [2.05, 4.69) is 71.0 Å². The van der Waals surface area contributed by atoms with Gasteiger partial charge in [-0.2, -0.15) is 0 Å². The Labute approximate surface area is 127 Å². The zero-order valence-electron chi connectivity index (χ0n) is 11.4. The molecular weight excluding hydrogens is 276 g/mol. The van der Waals surface area contributed by atoms with Gasteiger partial charge in [-0.05, 0) is 35.0 Å². The van der Waals surface area contributed by atoms with Crippen LogP contribution in [-0.2, 0) is 6.54 Å². The van der Waals surface area contributed by atoms with Crippen molar-refractivity contribution in [3.63, 3.8) is 0 Å². The van der Waals surface area contributed by atoms with Crippen LogP contribution in [0.15, 0.2) is 66.7 Å². The maximum absolute atomic E-state index is 4.65. The molecule has 0 atom stereocenters. The topological polar surface area (TPSA) is 24.9 Å². The second-order valence-electron chi connectivity index (χ2n) is 4.99. The first-order valence-corrected chi connectivity index (χ1v) is 7.77. The number of hydrogen-bond donors (Lipinski definition) is 1. The van der Waals surface area contributed by atoms with Crippen LogP contribution in [0.5, 0.6) is 0 Å². The molecular formula is C18H14N2S. The Morgan fingerprint density at radius 3 is 2.57 bits per heavy atom. The molecule has 0 spiro atoms. The number of fused-ring (bicyclic) bond motifs is 2. The summed E-state index contributed by atoms with van der Waals surface area (Å²) in [6, 6.07) is 23.1. The summed E-state index contributed by atoms with van der Waals surface area (Å²) in [5, 5.41) is 7.10. The van der Waals surface area contributed by atoms with Gasteiger partial charge in [-0.15, -0.1) is 11.3 Å². The summed E-state index contributed by atoms with van der Waals surface area (Å²) in [7, 11) is 0. The molecule has 0 saturated carbocycles. The molecule has 0 radical (unpaired) electrons. The largest absolute Gasteiger partial charge is 0.379 e. The van der Waals surface area contributed by atoms with Crippen LogP contribution in [0.2, 0.25) is 0 Å². The van der Waals surface area contributed by atoms with Crippen molar-refractivity contribution < 1.29 is 0 Å². The molecule has 4 aromatic rings. The number of hydrogen-bond acceptors (Lipinski definition) is 3. The van der Waals surface area contributed by atoms with Crippen LogP contribution in [0.3, 0.4) is 0 Å². The van der Waals surface area contributed by atoms with E-state index in [9.17, 15) is 0 Å². The Kier molecular flexibility index (Phi) is 3.05. The predicted molar refractivity (Wildman–Crippen MR) is 90.9 cm³/mol. The number of rotatable bonds is 3. The number of anilines is 1. The lowest BCUT2D eigenvalue weighted by Crippen LogP contribution is -1.98. The van der Waals surface area contributed by atoms with E-state index >= 15 is 0 Å². The summed E-state index contributed by atoms with van der Waals surface area (Å²) < 4.78 is 1.24. The van der Waals surface area contributed by atoms with Crippen molar-refractivity contribution in [2.45, 2.75) is 6.54 Å². The van der Waals surface area contributed by atoms with E-state index in [1.807, 2.05) is 6.07 Å². The lowest BCUT2D eigenvalue weighted by Gasteiger charge is -2.05. The van der Waals surface area contributed by atoms with E-state index in [1.54, 1.807) is 11.3 Å². The molecule has 102 valence electrons. The average molecular weight is 290 g/mol. The van der Waals surface area contributed by atoms with Crippen LogP contribution >= 0.6 is 11.3 Å². The number of benzene rings is 3. The highest BCUT2D eigenvalue weighted by Gasteiger charge is 2.03. The Morgan fingerprint density at radius 1 is 0.857 bits per heavy atom. The fourth-order valence-corrected chi connectivity index (χ4v) is 3.38. The van der Waals surface area contributed by atoms with Crippen LogP contribution in [-0.4, -0.2) is 4.98 Å². The molecule has 0 unspecified atom stereocenters. The van der Waals surface area contributed by atoms with Crippen molar-refractivity contribution in [2.24, 2.45) is 0 Å². The SMILES string of the molecule is c1ccc2cc(NCc3nc4ccccc4s3)ccc2c1. The standard InChI is InChI=1S/C18H14N2S/c1-2-6-14-11-15(10-9-13(14)5-1)19-12-18-20-16-7-3-4-8-17(16)21-18/h1-11,19H,12H2. The lowest BCUT2D eigenvalue weighted by atomic mass is 10.1. The summed E-state index contributed by atoms with van der Waals surface area (Å²) in [4.78, 5) is 4.65. The molecule has 1 N–H and O–H groups in total. The highest BCUT2D eigenvalue weighted by Crippen LogP contribution is 2.23. The predicted octanol–water partition coefficient (Wildman–Crippen LogP) is 5.06. The molecule has 3 aromatic carbocycles. The fourth-order valence-electron chi connectivity index (χ4n) is 2.47. The van der Waals surface area contributed by atoms with E-state index in [0.29, 0.717) is 0 Å². The second-order valence-corrected chi connectivity index (χ2v) is 6.11. The third-order valence-corrected chi connectivity index (χ3v) is 4.57. The van der Waals surface area contributed by atoms with Crippen molar-refractivity contribution in [3.05, 3.63) is 71.7 Å². The van der Waals surface area contributed by atoms with Crippen LogP contribution in [0.25, 0.3) is 21.0 Å². The van der Waals surface area contributed by atoms with Crippen molar-refractivity contribution in [1.82, 2.24) is 4.98 Å². The summed E-state index contributed by atoms with van der Waals surface area (Å²) >= 11 is 1.75. The molecule has 0 amide bonds. The zero-order valence-corrected chi connectivity index (χ0v) is 12.2. The second kappa shape index (κ2) is 5.19. The molecule has 0 aliphatic heterocycles. The van der Waals surface area contributed by atoms with Crippen molar-refractivity contribution in [1.29, 1.82) is 0 Å². The van der Waals surface area contributed by atoms with Crippen LogP contribution in [0.4, 0.5) is 5.69 Å². The van der Waals surface area contributed by atoms with Gasteiger partial charge in [-0.25, -0.2) is 4.98 Å². The summed E-state index contributed by atoms with van der Waals surface area (Å²) in [6.45, 7) is 0.762. The molecule has 2 nitrogen and oxygen atoms in total. The Hall–Kier alpha value is -2.39. The van der Waals surface area contributed by atoms with E-state index in [0.717, 1.165) is 22.8 Å². The molecule has 0 aliphatic carbocycles. The highest BCUT2D eigenvalue weighted by atomic mass is 32.1. The van der Waals surface area contributed by atoms with Crippen molar-refractivity contribution in [2.75, 3.05) is 5.32 Å². The fraction of sp³-hybridized carbons (Fsp3) is 0.0556. The first-order chi connectivity index (χ1) is 10.4. The van der Waals surface area contributed by atoms with Gasteiger partial charge in [0.1, 0.15) is 5.01 Å². The quantitative estimate of drug-likeness (QED) is 0.570. The van der Waals surface area contributed by atoms with Crippen molar-refractivity contribution >= 4 is 38.0 Å². The smallest absolute Gasteiger partial charge is 0.113 e. The molecule has 0 aliphatic rings. The van der Waals surface area contributed by atoms with E-state index in [1.165, 1.54) is 15.5 Å². The third kappa shape index (κ3) is 2.48. The average Bonchev–Trinajstić information content (AvgIpc) is 2.95. The van der Waals surface area contributed by atoms with Gasteiger partial charge in [0.15, 0.2) is 0 Å². The van der Waals surface area contributed by atoms with Crippen LogP contribution in [0.1, 0.15) is 5.01 Å². The highest BCUT2D eigenvalue weighted by molar-refractivity contribution is 7.18. The number of aromatic nitrogens is 1. The summed E-state index contributed by atoms with van der Waals surface area (Å²) in [5.41, 5.74) is 2.21. The molecule has 21 heavy (non-hydrogen) atoms. The van der Waals surface area contributed by atoms with Crippen molar-refractivity contribution in [3.8, 4) is 0 Å². The Bertz CT molecular complexity index is 878. The molecule has 1 heterocycles. The maximum atomic E-state index is 4.65. The first-order valence-electron chi connectivity index (χ1n) is 6.96. The van der Waals surface area contributed by atoms with Gasteiger partial charge in [-0.3, -0.25) is 0 Å². The number of para-hydroxylation sites is 1. The zero-order chi connectivity index (χ0) is 14.1. The van der Waals surface area contributed by atoms with Gasteiger partial charge in [-0.1, -0.05) is 42.5 Å². The Balaban J connectivity index is 1.57. The molecule has 0 saturated heterocycles. The first kappa shape index (κ1) is 12.4. The molecule has 0 fully saturated rings. The minimum Gasteiger partial charge on any atom is -0.379 e. The van der Waals surface area contributed by atoms with Gasteiger partial charge >= 0.3 is 0 Å². The van der Waals surface area contributed by atoms with Gasteiger partial charge in [0.2, 0.25) is 0 Å². The van der Waals surface area contributed by atoms with E-state index in [4.69, 9.17) is 0 Å². The van der Waals surface area contributed by atoms with Gasteiger partial charge in [0.05, 0.1) is 16.8 Å². The molecule has 4 rings (SSSR count). The van der Waals surface area contributed by atoms with Gasteiger partial charge in [0.25, 0.3) is 0 Å². The third-order valence-electron chi connectivity index (χ3n) is 3.53. The molecule has 0 bridgehead atoms. The monoisotopic (exact) mass is 290 g/mol. The maximum Gasteiger partial charge on any atom is 0.113 e. The van der Waals surface area contributed by atoms with Crippen LogP contribution < -0.4 is 5.32 Å². The molecule has 3 heteroatoms. The number of nitrogens with zero attached hydrogens (tertiary/aromatic N) is 1. The van der Waals surface area contributed by atoms with E-state index < -0.39 is 0 Å². The number of nitrogens with one attached hydrogen (secondary N) is 1. The number of thiazole rings is 1. The lowest BCUT2D eigenvalue weighted by molar-refractivity contribution is 1.12. The summed E-state index contributed by atoms with van der Waals surface area (Å²) in [6.07, 6.45) is 0. The summed E-state index contributed by atoms with van der Waals surface area (Å²) in [5.74, 6) is 0. The minimum atomic E-state index is 0.762. The van der Waals surface area contributed by atoms with Crippen LogP contribution in [0, 0.1) is 0 Å². The minimum absolute atomic E-state index is 0.762. The van der Waals surface area contributed by atoms with E-state index in [-0.39, 0.29) is 0 Å².